The van der Waals surface area contributed by atoms with Crippen LogP contribution >= 0.6 is 38.5 Å². The molecular weight excluding hydrogens is 369 g/mol. The first-order valence-corrected chi connectivity index (χ1v) is 6.88. The molecule has 1 aromatic rings. The summed E-state index contributed by atoms with van der Waals surface area (Å²) in [6.07, 6.45) is 2.56. The SMILES string of the molecule is COc1c(I)ccc(Br)c1N1CCCC1. The van der Waals surface area contributed by atoms with E-state index in [-0.39, 0.29) is 0 Å². The predicted octanol–water partition coefficient (Wildman–Crippen LogP) is 3.66. The van der Waals surface area contributed by atoms with Crippen LogP contribution in [0.4, 0.5) is 5.69 Å². The summed E-state index contributed by atoms with van der Waals surface area (Å²) in [6, 6.07) is 4.17. The van der Waals surface area contributed by atoms with Gasteiger partial charge < -0.3 is 9.64 Å². The van der Waals surface area contributed by atoms with Crippen LogP contribution < -0.4 is 9.64 Å². The summed E-state index contributed by atoms with van der Waals surface area (Å²) in [6.45, 7) is 2.27. The van der Waals surface area contributed by atoms with Gasteiger partial charge in [-0.05, 0) is 63.5 Å². The van der Waals surface area contributed by atoms with Gasteiger partial charge in [-0.1, -0.05) is 0 Å². The third kappa shape index (κ3) is 2.25. The van der Waals surface area contributed by atoms with E-state index in [1.807, 2.05) is 0 Å². The molecule has 4 heteroatoms. The quantitative estimate of drug-likeness (QED) is 0.725. The third-order valence-electron chi connectivity index (χ3n) is 2.66. The molecule has 1 fully saturated rings. The van der Waals surface area contributed by atoms with Gasteiger partial charge in [0.1, 0.15) is 0 Å². The molecule has 82 valence electrons. The molecule has 2 nitrogen and oxygen atoms in total. The van der Waals surface area contributed by atoms with Gasteiger partial charge in [0.05, 0.1) is 16.4 Å². The molecule has 0 radical (unpaired) electrons. The Morgan fingerprint density at radius 3 is 2.60 bits per heavy atom. The van der Waals surface area contributed by atoms with Gasteiger partial charge in [0.15, 0.2) is 5.75 Å². The highest BCUT2D eigenvalue weighted by molar-refractivity contribution is 14.1. The molecule has 0 spiro atoms. The lowest BCUT2D eigenvalue weighted by atomic mass is 10.2. The maximum absolute atomic E-state index is 5.49. The van der Waals surface area contributed by atoms with Crippen LogP contribution in [0.1, 0.15) is 12.8 Å². The number of benzene rings is 1. The second kappa shape index (κ2) is 4.91. The Labute approximate surface area is 112 Å². The van der Waals surface area contributed by atoms with Gasteiger partial charge in [-0.15, -0.1) is 0 Å². The number of rotatable bonds is 2. The minimum absolute atomic E-state index is 0.992. The number of hydrogen-bond acceptors (Lipinski definition) is 2. The van der Waals surface area contributed by atoms with Gasteiger partial charge in [-0.3, -0.25) is 0 Å². The summed E-state index contributed by atoms with van der Waals surface area (Å²) in [5, 5.41) is 0. The standard InChI is InChI=1S/C11H13BrINO/c1-15-11-9(13)5-4-8(12)10(11)14-6-2-3-7-14/h4-5H,2-3,6-7H2,1H3. The van der Waals surface area contributed by atoms with Crippen molar-refractivity contribution in [2.45, 2.75) is 12.8 Å². The first-order chi connectivity index (χ1) is 7.24. The molecule has 1 heterocycles. The number of nitrogens with zero attached hydrogens (tertiary/aromatic N) is 1. The van der Waals surface area contributed by atoms with Crippen molar-refractivity contribution < 1.29 is 4.74 Å². The number of halogens is 2. The molecule has 1 aliphatic heterocycles. The van der Waals surface area contributed by atoms with E-state index in [4.69, 9.17) is 4.74 Å². The van der Waals surface area contributed by atoms with E-state index >= 15 is 0 Å². The molecule has 0 amide bonds. The van der Waals surface area contributed by atoms with Crippen molar-refractivity contribution in [3.63, 3.8) is 0 Å². The van der Waals surface area contributed by atoms with Crippen molar-refractivity contribution in [1.82, 2.24) is 0 Å². The van der Waals surface area contributed by atoms with Gasteiger partial charge in [-0.2, -0.15) is 0 Å². The molecule has 0 aromatic heterocycles. The second-order valence-electron chi connectivity index (χ2n) is 3.61. The molecule has 0 unspecified atom stereocenters. The Kier molecular flexibility index (Phi) is 3.77. The molecule has 1 aliphatic rings. The van der Waals surface area contributed by atoms with Gasteiger partial charge in [0.25, 0.3) is 0 Å². The van der Waals surface area contributed by atoms with Crippen LogP contribution in [0.5, 0.6) is 5.75 Å². The summed E-state index contributed by atoms with van der Waals surface area (Å²) in [5.74, 6) is 0.992. The first kappa shape index (κ1) is 11.5. The minimum atomic E-state index is 0.992. The van der Waals surface area contributed by atoms with E-state index in [9.17, 15) is 0 Å². The average molecular weight is 382 g/mol. The molecule has 0 saturated carbocycles. The zero-order chi connectivity index (χ0) is 10.8. The summed E-state index contributed by atoms with van der Waals surface area (Å²) >= 11 is 5.92. The summed E-state index contributed by atoms with van der Waals surface area (Å²) in [7, 11) is 1.74. The van der Waals surface area contributed by atoms with Crippen LogP contribution in [0.25, 0.3) is 0 Å². The summed E-state index contributed by atoms with van der Waals surface area (Å²) < 4.78 is 7.78. The van der Waals surface area contributed by atoms with Gasteiger partial charge >= 0.3 is 0 Å². The minimum Gasteiger partial charge on any atom is -0.493 e. The highest BCUT2D eigenvalue weighted by Crippen LogP contribution is 2.40. The zero-order valence-electron chi connectivity index (χ0n) is 8.59. The van der Waals surface area contributed by atoms with Crippen LogP contribution in [-0.2, 0) is 0 Å². The van der Waals surface area contributed by atoms with E-state index in [1.165, 1.54) is 22.1 Å². The Morgan fingerprint density at radius 2 is 2.00 bits per heavy atom. The average Bonchev–Trinajstić information content (AvgIpc) is 2.74. The maximum Gasteiger partial charge on any atom is 0.156 e. The van der Waals surface area contributed by atoms with Gasteiger partial charge in [-0.25, -0.2) is 0 Å². The molecule has 0 N–H and O–H groups in total. The highest BCUT2D eigenvalue weighted by atomic mass is 127. The van der Waals surface area contributed by atoms with Crippen molar-refractivity contribution in [2.24, 2.45) is 0 Å². The topological polar surface area (TPSA) is 12.5 Å². The van der Waals surface area contributed by atoms with E-state index < -0.39 is 0 Å². The fraction of sp³-hybridized carbons (Fsp3) is 0.455. The van der Waals surface area contributed by atoms with Crippen LogP contribution in [-0.4, -0.2) is 20.2 Å². The maximum atomic E-state index is 5.49. The van der Waals surface area contributed by atoms with E-state index in [0.29, 0.717) is 0 Å². The molecule has 0 atom stereocenters. The first-order valence-electron chi connectivity index (χ1n) is 5.01. The molecule has 0 aliphatic carbocycles. The Bertz CT molecular complexity index is 364. The predicted molar refractivity (Wildman–Crippen MR) is 74.9 cm³/mol. The fourth-order valence-electron chi connectivity index (χ4n) is 1.95. The molecule has 0 bridgehead atoms. The number of ether oxygens (including phenoxy) is 1. The lowest BCUT2D eigenvalue weighted by Gasteiger charge is -2.22. The van der Waals surface area contributed by atoms with Crippen LogP contribution in [0.3, 0.4) is 0 Å². The largest absolute Gasteiger partial charge is 0.493 e. The summed E-state index contributed by atoms with van der Waals surface area (Å²) in [4.78, 5) is 2.39. The second-order valence-corrected chi connectivity index (χ2v) is 5.62. The van der Waals surface area contributed by atoms with Crippen LogP contribution in [0.2, 0.25) is 0 Å². The van der Waals surface area contributed by atoms with Gasteiger partial charge in [0.2, 0.25) is 0 Å². The van der Waals surface area contributed by atoms with Crippen LogP contribution in [0.15, 0.2) is 16.6 Å². The Balaban J connectivity index is 2.46. The highest BCUT2D eigenvalue weighted by Gasteiger charge is 2.20. The van der Waals surface area contributed by atoms with Gasteiger partial charge in [0, 0.05) is 17.6 Å². The Hall–Kier alpha value is 0.0300. The molecular formula is C11H13BrINO. The third-order valence-corrected chi connectivity index (χ3v) is 4.15. The lowest BCUT2D eigenvalue weighted by molar-refractivity contribution is 0.411. The van der Waals surface area contributed by atoms with Crippen molar-refractivity contribution in [2.75, 3.05) is 25.1 Å². The normalized spacial score (nSPS) is 15.8. The number of methoxy groups -OCH3 is 1. The number of anilines is 1. The molecule has 15 heavy (non-hydrogen) atoms. The van der Waals surface area contributed by atoms with Crippen molar-refractivity contribution in [3.8, 4) is 5.75 Å². The van der Waals surface area contributed by atoms with E-state index in [2.05, 4.69) is 55.6 Å². The monoisotopic (exact) mass is 381 g/mol. The van der Waals surface area contributed by atoms with E-state index in [1.54, 1.807) is 7.11 Å². The summed E-state index contributed by atoms with van der Waals surface area (Å²) in [5.41, 5.74) is 1.21. The molecule has 1 saturated heterocycles. The van der Waals surface area contributed by atoms with Crippen molar-refractivity contribution in [1.29, 1.82) is 0 Å². The van der Waals surface area contributed by atoms with E-state index in [0.717, 1.165) is 23.3 Å². The Morgan fingerprint density at radius 1 is 1.33 bits per heavy atom. The van der Waals surface area contributed by atoms with Crippen molar-refractivity contribution in [3.05, 3.63) is 20.2 Å². The fourth-order valence-corrected chi connectivity index (χ4v) is 3.17. The zero-order valence-corrected chi connectivity index (χ0v) is 12.3. The van der Waals surface area contributed by atoms with Crippen LogP contribution in [0, 0.1) is 3.57 Å². The lowest BCUT2D eigenvalue weighted by Crippen LogP contribution is -2.19. The molecule has 1 aromatic carbocycles. The smallest absolute Gasteiger partial charge is 0.156 e. The number of hydrogen-bond donors (Lipinski definition) is 0. The van der Waals surface area contributed by atoms with Crippen molar-refractivity contribution >= 4 is 44.2 Å². The molecule has 2 rings (SSSR count).